The maximum atomic E-state index is 14.6. The van der Waals surface area contributed by atoms with Crippen LogP contribution in [0, 0.1) is 5.82 Å². The number of nitrogens with one attached hydrogen (secondary N) is 1. The zero-order valence-electron chi connectivity index (χ0n) is 17.9. The number of carbonyl (C=O) groups is 1. The number of hydrogen-bond donors (Lipinski definition) is 4. The van der Waals surface area contributed by atoms with Crippen molar-refractivity contribution in [3.05, 3.63) is 77.6 Å². The Hall–Kier alpha value is -4.11. The summed E-state index contributed by atoms with van der Waals surface area (Å²) in [5.41, 5.74) is 13.0. The van der Waals surface area contributed by atoms with Crippen LogP contribution in [0.2, 0.25) is 0 Å². The van der Waals surface area contributed by atoms with Crippen molar-refractivity contribution in [3.63, 3.8) is 0 Å². The highest BCUT2D eigenvalue weighted by molar-refractivity contribution is 5.83. The first-order valence-electron chi connectivity index (χ1n) is 10.3. The van der Waals surface area contributed by atoms with Gasteiger partial charge in [-0.1, -0.05) is 48.5 Å². The number of halogens is 1. The van der Waals surface area contributed by atoms with Crippen LogP contribution in [0.1, 0.15) is 24.1 Å². The topological polar surface area (TPSA) is 140 Å². The molecule has 0 spiro atoms. The number of nitrogens with two attached hydrogens (primary N) is 2. The zero-order valence-corrected chi connectivity index (χ0v) is 17.9. The number of nitrogen functional groups attached to an aromatic ring is 1. The lowest BCUT2D eigenvalue weighted by atomic mass is 10.0. The van der Waals surface area contributed by atoms with E-state index in [1.165, 1.54) is 12.1 Å². The van der Waals surface area contributed by atoms with E-state index in [4.69, 9.17) is 16.6 Å². The summed E-state index contributed by atoms with van der Waals surface area (Å²) in [5.74, 6) is -1.34. The molecule has 0 radical (unpaired) electrons. The fourth-order valence-electron chi connectivity index (χ4n) is 3.52. The molecule has 0 bridgehead atoms. The van der Waals surface area contributed by atoms with Crippen LogP contribution in [0.3, 0.4) is 0 Å². The number of fused-ring (bicyclic) bond motifs is 1. The van der Waals surface area contributed by atoms with Crippen molar-refractivity contribution in [2.45, 2.75) is 25.4 Å². The van der Waals surface area contributed by atoms with E-state index in [-0.39, 0.29) is 35.7 Å². The highest BCUT2D eigenvalue weighted by Crippen LogP contribution is 2.25. The number of carboxylic acids is 1. The quantitative estimate of drug-likeness (QED) is 0.338. The summed E-state index contributed by atoms with van der Waals surface area (Å²) < 4.78 is 14.6. The molecule has 168 valence electrons. The smallest absolute Gasteiger partial charge is 0.320 e. The summed E-state index contributed by atoms with van der Waals surface area (Å²) in [5, 5.41) is 14.4. The van der Waals surface area contributed by atoms with Crippen LogP contribution in [0.25, 0.3) is 22.2 Å². The lowest BCUT2D eigenvalue weighted by molar-refractivity contribution is -0.138. The van der Waals surface area contributed by atoms with Gasteiger partial charge in [-0.2, -0.15) is 15.0 Å². The molecule has 0 amide bonds. The maximum Gasteiger partial charge on any atom is 0.320 e. The zero-order chi connectivity index (χ0) is 23.5. The summed E-state index contributed by atoms with van der Waals surface area (Å²) in [6, 6.07) is 17.2. The van der Waals surface area contributed by atoms with Crippen LogP contribution in [-0.4, -0.2) is 32.1 Å². The first-order chi connectivity index (χ1) is 15.8. The van der Waals surface area contributed by atoms with Gasteiger partial charge in [-0.15, -0.1) is 0 Å². The second-order valence-corrected chi connectivity index (χ2v) is 7.77. The Labute approximate surface area is 189 Å². The van der Waals surface area contributed by atoms with Gasteiger partial charge in [-0.05, 0) is 41.0 Å². The number of aromatic nitrogens is 3. The molecule has 0 saturated heterocycles. The average Bonchev–Trinajstić information content (AvgIpc) is 2.79. The van der Waals surface area contributed by atoms with Crippen molar-refractivity contribution >= 4 is 28.6 Å². The lowest BCUT2D eigenvalue weighted by Gasteiger charge is -2.16. The first-order valence-corrected chi connectivity index (χ1v) is 10.3. The number of nitrogens with zero attached hydrogens (tertiary/aromatic N) is 3. The Morgan fingerprint density at radius 1 is 1.06 bits per heavy atom. The predicted molar refractivity (Wildman–Crippen MR) is 125 cm³/mol. The fraction of sp³-hybridized carbons (Fsp3) is 0.167. The summed E-state index contributed by atoms with van der Waals surface area (Å²) in [6.07, 6.45) is -0.128. The van der Waals surface area contributed by atoms with Crippen molar-refractivity contribution in [1.82, 2.24) is 15.0 Å². The Morgan fingerprint density at radius 2 is 1.82 bits per heavy atom. The van der Waals surface area contributed by atoms with Crippen LogP contribution in [0.4, 0.5) is 16.3 Å². The molecule has 6 N–H and O–H groups in total. The molecule has 4 rings (SSSR count). The van der Waals surface area contributed by atoms with Gasteiger partial charge in [0.2, 0.25) is 11.9 Å². The molecule has 8 nitrogen and oxygen atoms in total. The number of hydrogen-bond acceptors (Lipinski definition) is 7. The van der Waals surface area contributed by atoms with Gasteiger partial charge < -0.3 is 21.9 Å². The second-order valence-electron chi connectivity index (χ2n) is 7.77. The van der Waals surface area contributed by atoms with Crippen molar-refractivity contribution < 1.29 is 14.3 Å². The van der Waals surface area contributed by atoms with Gasteiger partial charge >= 0.3 is 5.97 Å². The van der Waals surface area contributed by atoms with E-state index >= 15 is 0 Å². The Kier molecular flexibility index (Phi) is 6.14. The average molecular weight is 446 g/mol. The van der Waals surface area contributed by atoms with Gasteiger partial charge in [-0.25, -0.2) is 4.39 Å². The number of rotatable bonds is 7. The maximum absolute atomic E-state index is 14.6. The summed E-state index contributed by atoms with van der Waals surface area (Å²) in [7, 11) is 0. The minimum Gasteiger partial charge on any atom is -0.480 e. The molecule has 0 saturated carbocycles. The van der Waals surface area contributed by atoms with Gasteiger partial charge in [-0.3, -0.25) is 4.79 Å². The van der Waals surface area contributed by atoms with Gasteiger partial charge in [0.15, 0.2) is 5.82 Å². The molecular weight excluding hydrogens is 423 g/mol. The normalized spacial score (nSPS) is 12.9. The van der Waals surface area contributed by atoms with Gasteiger partial charge in [0.25, 0.3) is 0 Å². The molecule has 0 aliphatic carbocycles. The Bertz CT molecular complexity index is 1330. The van der Waals surface area contributed by atoms with Crippen molar-refractivity contribution in [2.24, 2.45) is 5.73 Å². The number of aliphatic carboxylic acids is 1. The van der Waals surface area contributed by atoms with E-state index in [1.54, 1.807) is 6.07 Å². The second kappa shape index (κ2) is 9.17. The highest BCUT2D eigenvalue weighted by atomic mass is 19.1. The van der Waals surface area contributed by atoms with E-state index < -0.39 is 17.8 Å². The van der Waals surface area contributed by atoms with Crippen LogP contribution in [0.15, 0.2) is 60.7 Å². The number of anilines is 2. The van der Waals surface area contributed by atoms with Gasteiger partial charge in [0.05, 0.1) is 6.04 Å². The molecule has 0 fully saturated rings. The number of carboxylic acid groups (broad SMARTS) is 1. The van der Waals surface area contributed by atoms with Gasteiger partial charge in [0.1, 0.15) is 11.9 Å². The Balaban J connectivity index is 1.57. The summed E-state index contributed by atoms with van der Waals surface area (Å²) in [4.78, 5) is 23.6. The standard InChI is InChI=1S/C24H23FN6O2/c1-13(15-7-6-14-4-2-3-5-16(14)10-15)28-24-30-21(29-23(27)31-24)18-9-8-17(19(25)11-18)12-20(26)22(32)33/h2-11,13,20H,12,26H2,1H3,(H,32,33)(H3,27,28,29,30,31)/t13-,20+/m1/s1. The highest BCUT2D eigenvalue weighted by Gasteiger charge is 2.17. The van der Waals surface area contributed by atoms with Crippen LogP contribution in [0.5, 0.6) is 0 Å². The third-order valence-corrected chi connectivity index (χ3v) is 5.34. The monoisotopic (exact) mass is 446 g/mol. The van der Waals surface area contributed by atoms with E-state index in [0.717, 1.165) is 16.3 Å². The minimum atomic E-state index is -1.19. The largest absolute Gasteiger partial charge is 0.480 e. The predicted octanol–water partition coefficient (Wildman–Crippen LogP) is 3.54. The summed E-state index contributed by atoms with van der Waals surface area (Å²) in [6.45, 7) is 1.98. The molecule has 1 heterocycles. The van der Waals surface area contributed by atoms with Crippen LogP contribution >= 0.6 is 0 Å². The Morgan fingerprint density at radius 3 is 2.55 bits per heavy atom. The molecule has 1 aromatic heterocycles. The van der Waals surface area contributed by atoms with Crippen molar-refractivity contribution in [1.29, 1.82) is 0 Å². The molecular formula is C24H23FN6O2. The molecule has 3 aromatic carbocycles. The minimum absolute atomic E-state index is 0.00871. The summed E-state index contributed by atoms with van der Waals surface area (Å²) >= 11 is 0. The molecule has 0 aliphatic rings. The SMILES string of the molecule is C[C@@H](Nc1nc(N)nc(-c2ccc(C[C@H](N)C(=O)O)c(F)c2)n1)c1ccc2ccccc2c1. The molecule has 0 unspecified atom stereocenters. The first kappa shape index (κ1) is 22.1. The molecule has 0 aliphatic heterocycles. The third kappa shape index (κ3) is 5.04. The van der Waals surface area contributed by atoms with E-state index in [9.17, 15) is 9.18 Å². The van der Waals surface area contributed by atoms with Gasteiger partial charge in [0, 0.05) is 12.0 Å². The fourth-order valence-corrected chi connectivity index (χ4v) is 3.52. The lowest BCUT2D eigenvalue weighted by Crippen LogP contribution is -2.32. The van der Waals surface area contributed by atoms with Crippen LogP contribution < -0.4 is 16.8 Å². The molecule has 2 atom stereocenters. The molecule has 9 heteroatoms. The van der Waals surface area contributed by atoms with E-state index in [2.05, 4.69) is 38.5 Å². The van der Waals surface area contributed by atoms with Crippen molar-refractivity contribution in [3.8, 4) is 11.4 Å². The van der Waals surface area contributed by atoms with E-state index in [1.807, 2.05) is 31.2 Å². The third-order valence-electron chi connectivity index (χ3n) is 5.34. The molecule has 4 aromatic rings. The van der Waals surface area contributed by atoms with Crippen molar-refractivity contribution in [2.75, 3.05) is 11.1 Å². The molecule has 33 heavy (non-hydrogen) atoms. The number of benzene rings is 3. The van der Waals surface area contributed by atoms with Crippen LogP contribution in [-0.2, 0) is 11.2 Å². The van der Waals surface area contributed by atoms with E-state index in [0.29, 0.717) is 5.56 Å².